The number of halogens is 1. The highest BCUT2D eigenvalue weighted by Crippen LogP contribution is 2.36. The van der Waals surface area contributed by atoms with Crippen LogP contribution in [0.3, 0.4) is 0 Å². The van der Waals surface area contributed by atoms with Crippen molar-refractivity contribution in [2.45, 2.75) is 30.9 Å². The fourth-order valence-electron chi connectivity index (χ4n) is 3.02. The summed E-state index contributed by atoms with van der Waals surface area (Å²) in [5.41, 5.74) is 1.36. The van der Waals surface area contributed by atoms with E-state index in [1.807, 2.05) is 19.9 Å². The van der Waals surface area contributed by atoms with E-state index in [0.717, 1.165) is 6.26 Å². The van der Waals surface area contributed by atoms with E-state index in [1.54, 1.807) is 18.2 Å². The number of nitrogens with one attached hydrogen (secondary N) is 1. The minimum atomic E-state index is -3.67. The average Bonchev–Trinajstić information content (AvgIpc) is 3.22. The monoisotopic (exact) mass is 438 g/mol. The molecule has 3 aromatic rings. The molecule has 0 amide bonds. The summed E-state index contributed by atoms with van der Waals surface area (Å²) < 4.78 is 41.2. The van der Waals surface area contributed by atoms with E-state index >= 15 is 0 Å². The van der Waals surface area contributed by atoms with Crippen molar-refractivity contribution in [1.29, 1.82) is 0 Å². The molecular formula is C18H19ClN4O5S. The molecule has 1 fully saturated rings. The number of hydrogen-bond acceptors (Lipinski definition) is 8. The minimum absolute atomic E-state index is 0.0763. The van der Waals surface area contributed by atoms with Gasteiger partial charge in [-0.3, -0.25) is 5.10 Å². The van der Waals surface area contributed by atoms with E-state index in [-0.39, 0.29) is 29.4 Å². The van der Waals surface area contributed by atoms with Crippen LogP contribution >= 0.6 is 11.6 Å². The van der Waals surface area contributed by atoms with Crippen molar-refractivity contribution in [2.24, 2.45) is 0 Å². The van der Waals surface area contributed by atoms with E-state index in [4.69, 9.17) is 25.8 Å². The first kappa shape index (κ1) is 20.0. The van der Waals surface area contributed by atoms with Crippen LogP contribution in [-0.2, 0) is 19.3 Å². The number of nitrogens with zero attached hydrogens (tertiary/aromatic N) is 3. The third kappa shape index (κ3) is 4.06. The molecule has 154 valence electrons. The Balaban J connectivity index is 1.79. The Labute approximate surface area is 172 Å². The Morgan fingerprint density at radius 2 is 2.07 bits per heavy atom. The molecule has 1 aromatic carbocycles. The van der Waals surface area contributed by atoms with Crippen molar-refractivity contribution in [3.05, 3.63) is 29.3 Å². The third-order valence-electron chi connectivity index (χ3n) is 4.31. The van der Waals surface area contributed by atoms with Gasteiger partial charge < -0.3 is 14.2 Å². The highest BCUT2D eigenvalue weighted by Gasteiger charge is 2.33. The van der Waals surface area contributed by atoms with Gasteiger partial charge in [0.15, 0.2) is 11.4 Å². The van der Waals surface area contributed by atoms with Crippen LogP contribution in [-0.4, -0.2) is 59.9 Å². The molecular weight excluding hydrogens is 420 g/mol. The van der Waals surface area contributed by atoms with Crippen LogP contribution in [0, 0.1) is 0 Å². The molecule has 3 heterocycles. The Morgan fingerprint density at radius 3 is 2.72 bits per heavy atom. The number of H-pyrrole nitrogens is 1. The number of rotatable bonds is 5. The van der Waals surface area contributed by atoms with Crippen molar-refractivity contribution in [2.75, 3.05) is 19.5 Å². The predicted molar refractivity (Wildman–Crippen MR) is 106 cm³/mol. The lowest BCUT2D eigenvalue weighted by Crippen LogP contribution is -2.25. The number of aromatic amines is 1. The first-order valence-corrected chi connectivity index (χ1v) is 11.1. The highest BCUT2D eigenvalue weighted by molar-refractivity contribution is 7.90. The summed E-state index contributed by atoms with van der Waals surface area (Å²) >= 11 is 6.32. The summed E-state index contributed by atoms with van der Waals surface area (Å²) in [5, 5.41) is 7.55. The summed E-state index contributed by atoms with van der Waals surface area (Å²) in [6, 6.07) is 7.17. The smallest absolute Gasteiger partial charge is 0.252 e. The minimum Gasteiger partial charge on any atom is -0.474 e. The van der Waals surface area contributed by atoms with Crippen molar-refractivity contribution in [3.63, 3.8) is 0 Å². The lowest BCUT2D eigenvalue weighted by molar-refractivity contribution is -0.141. The quantitative estimate of drug-likeness (QED) is 0.604. The van der Waals surface area contributed by atoms with Gasteiger partial charge in [0.05, 0.1) is 12.3 Å². The lowest BCUT2D eigenvalue weighted by Gasteiger charge is -2.17. The summed E-state index contributed by atoms with van der Waals surface area (Å²) in [6.45, 7) is 4.08. The second-order valence-corrected chi connectivity index (χ2v) is 9.44. The number of benzene rings is 1. The van der Waals surface area contributed by atoms with Crippen molar-refractivity contribution in [1.82, 2.24) is 20.2 Å². The molecule has 4 rings (SSSR count). The third-order valence-corrected chi connectivity index (χ3v) is 5.48. The number of ether oxygens (including phenoxy) is 3. The number of hydrogen-bond donors (Lipinski definition) is 1. The van der Waals surface area contributed by atoms with Crippen molar-refractivity contribution in [3.8, 4) is 17.1 Å². The number of aromatic nitrogens is 4. The van der Waals surface area contributed by atoms with Gasteiger partial charge in [-0.1, -0.05) is 29.8 Å². The molecule has 0 bridgehead atoms. The lowest BCUT2D eigenvalue weighted by atomic mass is 10.1. The van der Waals surface area contributed by atoms with Gasteiger partial charge in [0, 0.05) is 16.8 Å². The summed E-state index contributed by atoms with van der Waals surface area (Å²) in [6.07, 6.45) is 0.697. The molecule has 1 aliphatic heterocycles. The molecule has 1 N–H and O–H groups in total. The molecule has 9 nitrogen and oxygen atoms in total. The van der Waals surface area contributed by atoms with Gasteiger partial charge in [-0.15, -0.1) is 0 Å². The molecule has 11 heteroatoms. The van der Waals surface area contributed by atoms with Gasteiger partial charge in [0.25, 0.3) is 5.16 Å². The first-order valence-electron chi connectivity index (χ1n) is 8.80. The van der Waals surface area contributed by atoms with Crippen LogP contribution in [0.1, 0.15) is 13.8 Å². The van der Waals surface area contributed by atoms with E-state index in [1.165, 1.54) is 0 Å². The standard InChI is InChI=1S/C18H19ClN4O5S/c1-18(2)27-9-10(28-18)8-26-16-13-14(11-6-4-5-7-12(11)19)22-23-15(13)20-17(21-16)29(3,24)25/h4-7,10H,8-9H2,1-3H3,(H,20,21,22,23). The molecule has 1 unspecified atom stereocenters. The number of fused-ring (bicyclic) bond motifs is 1. The van der Waals surface area contributed by atoms with Gasteiger partial charge in [-0.05, 0) is 19.9 Å². The largest absolute Gasteiger partial charge is 0.474 e. The van der Waals surface area contributed by atoms with E-state index in [2.05, 4.69) is 20.2 Å². The van der Waals surface area contributed by atoms with Crippen molar-refractivity contribution < 1.29 is 22.6 Å². The van der Waals surface area contributed by atoms with E-state index in [0.29, 0.717) is 28.3 Å². The van der Waals surface area contributed by atoms with Crippen LogP contribution in [0.25, 0.3) is 22.3 Å². The summed E-state index contributed by atoms with van der Waals surface area (Å²) in [4.78, 5) is 8.20. The van der Waals surface area contributed by atoms with Gasteiger partial charge >= 0.3 is 0 Å². The summed E-state index contributed by atoms with van der Waals surface area (Å²) in [7, 11) is -3.67. The van der Waals surface area contributed by atoms with Gasteiger partial charge in [0.2, 0.25) is 15.7 Å². The van der Waals surface area contributed by atoms with Crippen LogP contribution in [0.2, 0.25) is 5.02 Å². The van der Waals surface area contributed by atoms with E-state index in [9.17, 15) is 8.42 Å². The SMILES string of the molecule is CC1(C)OCC(COc2nc(S(C)(=O)=O)nc3n[nH]c(-c4ccccc4Cl)c23)O1. The molecule has 0 spiro atoms. The molecule has 0 saturated carbocycles. The topological polar surface area (TPSA) is 116 Å². The molecule has 1 atom stereocenters. The van der Waals surface area contributed by atoms with Gasteiger partial charge in [-0.2, -0.15) is 15.1 Å². The van der Waals surface area contributed by atoms with E-state index < -0.39 is 15.6 Å². The molecule has 1 aliphatic rings. The van der Waals surface area contributed by atoms with Gasteiger partial charge in [0.1, 0.15) is 18.1 Å². The highest BCUT2D eigenvalue weighted by atomic mass is 35.5. The Bertz CT molecular complexity index is 1180. The van der Waals surface area contributed by atoms with Crippen molar-refractivity contribution >= 4 is 32.5 Å². The maximum absolute atomic E-state index is 12.0. The Kier molecular flexibility index (Phi) is 4.97. The molecule has 1 saturated heterocycles. The molecule has 2 aromatic heterocycles. The first-order chi connectivity index (χ1) is 13.6. The van der Waals surface area contributed by atoms with Crippen LogP contribution in [0.4, 0.5) is 0 Å². The zero-order chi connectivity index (χ0) is 20.8. The van der Waals surface area contributed by atoms with Crippen LogP contribution in [0.15, 0.2) is 29.4 Å². The maximum atomic E-state index is 12.0. The maximum Gasteiger partial charge on any atom is 0.252 e. The normalized spacial score (nSPS) is 19.0. The zero-order valence-electron chi connectivity index (χ0n) is 16.0. The Morgan fingerprint density at radius 1 is 1.31 bits per heavy atom. The Hall–Kier alpha value is -2.27. The van der Waals surface area contributed by atoms with Gasteiger partial charge in [-0.25, -0.2) is 8.42 Å². The second kappa shape index (κ2) is 7.21. The number of sulfone groups is 1. The zero-order valence-corrected chi connectivity index (χ0v) is 17.5. The molecule has 0 radical (unpaired) electrons. The predicted octanol–water partition coefficient (Wildman–Crippen LogP) is 2.61. The summed E-state index contributed by atoms with van der Waals surface area (Å²) in [5.74, 6) is -0.627. The van der Waals surface area contributed by atoms with Crippen LogP contribution < -0.4 is 4.74 Å². The molecule has 0 aliphatic carbocycles. The fourth-order valence-corrected chi connectivity index (χ4v) is 3.75. The molecule has 29 heavy (non-hydrogen) atoms. The fraction of sp³-hybridized carbons (Fsp3) is 0.389. The van der Waals surface area contributed by atoms with Crippen LogP contribution in [0.5, 0.6) is 5.88 Å². The second-order valence-electron chi connectivity index (χ2n) is 7.12. The average molecular weight is 439 g/mol.